The zero-order valence-corrected chi connectivity index (χ0v) is 12.3. The number of nitrogens with zero attached hydrogens (tertiary/aromatic N) is 3. The molecule has 1 aliphatic heterocycles. The highest BCUT2D eigenvalue weighted by Gasteiger charge is 2.23. The molecule has 4 nitrogen and oxygen atoms in total. The molecule has 0 aromatic carbocycles. The molecule has 1 aromatic rings. The summed E-state index contributed by atoms with van der Waals surface area (Å²) in [6.45, 7) is 8.56. The number of hydrogen-bond acceptors (Lipinski definition) is 3. The lowest BCUT2D eigenvalue weighted by Gasteiger charge is -2.34. The first-order valence-corrected chi connectivity index (χ1v) is 7.13. The minimum atomic E-state index is -0.00588. The first-order chi connectivity index (χ1) is 9.11. The number of pyridine rings is 1. The van der Waals surface area contributed by atoms with Gasteiger partial charge < -0.3 is 4.90 Å². The van der Waals surface area contributed by atoms with Crippen LogP contribution in [0, 0.1) is 6.92 Å². The highest BCUT2D eigenvalue weighted by molar-refractivity contribution is 6.33. The summed E-state index contributed by atoms with van der Waals surface area (Å²) in [5, 5.41) is 0.494. The standard InChI is InChI=1S/C14H20ClN3O/c1-3-4-17-5-7-18(8-6-17)14(19)12-10-16-11(2)9-13(12)15/h9-10H,3-8H2,1-2H3. The summed E-state index contributed by atoms with van der Waals surface area (Å²) in [6, 6.07) is 1.74. The Bertz CT molecular complexity index is 456. The first-order valence-electron chi connectivity index (χ1n) is 6.75. The molecule has 2 rings (SSSR count). The Kier molecular flexibility index (Phi) is 4.77. The third kappa shape index (κ3) is 3.45. The fourth-order valence-corrected chi connectivity index (χ4v) is 2.63. The van der Waals surface area contributed by atoms with Gasteiger partial charge in [-0.3, -0.25) is 14.7 Å². The molecule has 1 amide bonds. The second-order valence-corrected chi connectivity index (χ2v) is 5.35. The van der Waals surface area contributed by atoms with Crippen molar-refractivity contribution in [3.05, 3.63) is 28.5 Å². The average Bonchev–Trinajstić information content (AvgIpc) is 2.39. The van der Waals surface area contributed by atoms with Crippen LogP contribution in [-0.4, -0.2) is 53.4 Å². The molecule has 0 saturated carbocycles. The minimum Gasteiger partial charge on any atom is -0.336 e. The second-order valence-electron chi connectivity index (χ2n) is 4.94. The van der Waals surface area contributed by atoms with Crippen molar-refractivity contribution in [1.29, 1.82) is 0 Å². The molecule has 0 spiro atoms. The number of amides is 1. The van der Waals surface area contributed by atoms with Crippen molar-refractivity contribution >= 4 is 17.5 Å². The normalized spacial score (nSPS) is 16.7. The smallest absolute Gasteiger partial charge is 0.257 e. The Labute approximate surface area is 119 Å². The van der Waals surface area contributed by atoms with E-state index in [-0.39, 0.29) is 5.91 Å². The Morgan fingerprint density at radius 3 is 2.63 bits per heavy atom. The summed E-state index contributed by atoms with van der Waals surface area (Å²) in [5.74, 6) is -0.00588. The van der Waals surface area contributed by atoms with Crippen molar-refractivity contribution in [2.75, 3.05) is 32.7 Å². The van der Waals surface area contributed by atoms with Gasteiger partial charge in [0.2, 0.25) is 0 Å². The number of aromatic nitrogens is 1. The minimum absolute atomic E-state index is 0.00588. The maximum atomic E-state index is 12.4. The molecule has 1 aliphatic rings. The molecule has 1 fully saturated rings. The van der Waals surface area contributed by atoms with E-state index in [4.69, 9.17) is 11.6 Å². The van der Waals surface area contributed by atoms with E-state index in [9.17, 15) is 4.79 Å². The average molecular weight is 282 g/mol. The van der Waals surface area contributed by atoms with E-state index < -0.39 is 0 Å². The van der Waals surface area contributed by atoms with Crippen LogP contribution < -0.4 is 0 Å². The number of hydrogen-bond donors (Lipinski definition) is 0. The van der Waals surface area contributed by atoms with Crippen LogP contribution in [0.15, 0.2) is 12.3 Å². The second kappa shape index (κ2) is 6.35. The van der Waals surface area contributed by atoms with E-state index in [1.165, 1.54) is 0 Å². The fraction of sp³-hybridized carbons (Fsp3) is 0.571. The van der Waals surface area contributed by atoms with Gasteiger partial charge in [-0.2, -0.15) is 0 Å². The van der Waals surface area contributed by atoms with Gasteiger partial charge in [-0.05, 0) is 26.0 Å². The molecule has 0 N–H and O–H groups in total. The van der Waals surface area contributed by atoms with Gasteiger partial charge in [0.15, 0.2) is 0 Å². The Balaban J connectivity index is 2.01. The maximum Gasteiger partial charge on any atom is 0.257 e. The Hall–Kier alpha value is -1.13. The third-order valence-electron chi connectivity index (χ3n) is 3.42. The Morgan fingerprint density at radius 2 is 2.05 bits per heavy atom. The third-order valence-corrected chi connectivity index (χ3v) is 3.73. The topological polar surface area (TPSA) is 36.4 Å². The molecule has 19 heavy (non-hydrogen) atoms. The quantitative estimate of drug-likeness (QED) is 0.852. The number of aryl methyl sites for hydroxylation is 1. The summed E-state index contributed by atoms with van der Waals surface area (Å²) in [6.07, 6.45) is 2.74. The van der Waals surface area contributed by atoms with Gasteiger partial charge in [-0.15, -0.1) is 0 Å². The summed E-state index contributed by atoms with van der Waals surface area (Å²) in [4.78, 5) is 20.8. The van der Waals surface area contributed by atoms with Crippen LogP contribution in [0.5, 0.6) is 0 Å². The van der Waals surface area contributed by atoms with Gasteiger partial charge in [0, 0.05) is 38.1 Å². The molecule has 104 valence electrons. The van der Waals surface area contributed by atoms with Crippen LogP contribution >= 0.6 is 11.6 Å². The first kappa shape index (κ1) is 14.3. The largest absolute Gasteiger partial charge is 0.336 e. The molecule has 0 bridgehead atoms. The highest BCUT2D eigenvalue weighted by Crippen LogP contribution is 2.18. The zero-order valence-electron chi connectivity index (χ0n) is 11.5. The summed E-state index contributed by atoms with van der Waals surface area (Å²) in [7, 11) is 0. The van der Waals surface area contributed by atoms with Crippen LogP contribution in [0.2, 0.25) is 5.02 Å². The van der Waals surface area contributed by atoms with Crippen LogP contribution in [-0.2, 0) is 0 Å². The molecule has 2 heterocycles. The van der Waals surface area contributed by atoms with E-state index in [1.807, 2.05) is 11.8 Å². The molecule has 5 heteroatoms. The van der Waals surface area contributed by atoms with Gasteiger partial charge in [0.1, 0.15) is 0 Å². The SMILES string of the molecule is CCCN1CCN(C(=O)c2cnc(C)cc2Cl)CC1. The van der Waals surface area contributed by atoms with Crippen molar-refractivity contribution < 1.29 is 4.79 Å². The highest BCUT2D eigenvalue weighted by atomic mass is 35.5. The van der Waals surface area contributed by atoms with Crippen LogP contribution in [0.25, 0.3) is 0 Å². The van der Waals surface area contributed by atoms with Crippen molar-refractivity contribution in [3.8, 4) is 0 Å². The molecular weight excluding hydrogens is 262 g/mol. The lowest BCUT2D eigenvalue weighted by Crippen LogP contribution is -2.48. The van der Waals surface area contributed by atoms with Crippen molar-refractivity contribution in [2.24, 2.45) is 0 Å². The van der Waals surface area contributed by atoms with Crippen LogP contribution in [0.4, 0.5) is 0 Å². The van der Waals surface area contributed by atoms with Gasteiger partial charge in [0.25, 0.3) is 5.91 Å². The molecule has 1 aromatic heterocycles. The fourth-order valence-electron chi connectivity index (χ4n) is 2.34. The van der Waals surface area contributed by atoms with Crippen LogP contribution in [0.1, 0.15) is 29.4 Å². The summed E-state index contributed by atoms with van der Waals surface area (Å²) < 4.78 is 0. The molecule has 0 aliphatic carbocycles. The maximum absolute atomic E-state index is 12.4. The lowest BCUT2D eigenvalue weighted by atomic mass is 10.2. The van der Waals surface area contributed by atoms with E-state index in [1.54, 1.807) is 12.3 Å². The van der Waals surface area contributed by atoms with Crippen molar-refractivity contribution in [1.82, 2.24) is 14.8 Å². The number of carbonyl (C=O) groups is 1. The number of rotatable bonds is 3. The number of piperazine rings is 1. The number of carbonyl (C=O) groups excluding carboxylic acids is 1. The monoisotopic (exact) mass is 281 g/mol. The zero-order chi connectivity index (χ0) is 13.8. The van der Waals surface area contributed by atoms with E-state index >= 15 is 0 Å². The van der Waals surface area contributed by atoms with Crippen LogP contribution in [0.3, 0.4) is 0 Å². The predicted octanol–water partition coefficient (Wildman–Crippen LogP) is 2.21. The Morgan fingerprint density at radius 1 is 1.37 bits per heavy atom. The molecular formula is C14H20ClN3O. The van der Waals surface area contributed by atoms with Gasteiger partial charge in [-0.25, -0.2) is 0 Å². The van der Waals surface area contributed by atoms with Gasteiger partial charge in [0.05, 0.1) is 10.6 Å². The summed E-state index contributed by atoms with van der Waals surface area (Å²) in [5.41, 5.74) is 1.34. The van der Waals surface area contributed by atoms with Crippen molar-refractivity contribution in [2.45, 2.75) is 20.3 Å². The molecule has 1 saturated heterocycles. The lowest BCUT2D eigenvalue weighted by molar-refractivity contribution is 0.0637. The molecule has 0 unspecified atom stereocenters. The van der Waals surface area contributed by atoms with Crippen molar-refractivity contribution in [3.63, 3.8) is 0 Å². The van der Waals surface area contributed by atoms with Gasteiger partial charge in [-0.1, -0.05) is 18.5 Å². The summed E-state index contributed by atoms with van der Waals surface area (Å²) >= 11 is 6.12. The van der Waals surface area contributed by atoms with E-state index in [0.29, 0.717) is 10.6 Å². The van der Waals surface area contributed by atoms with E-state index in [2.05, 4.69) is 16.8 Å². The van der Waals surface area contributed by atoms with Gasteiger partial charge >= 0.3 is 0 Å². The number of halogens is 1. The molecule has 0 atom stereocenters. The molecule has 0 radical (unpaired) electrons. The van der Waals surface area contributed by atoms with E-state index in [0.717, 1.165) is 44.8 Å². The predicted molar refractivity (Wildman–Crippen MR) is 76.6 cm³/mol.